The van der Waals surface area contributed by atoms with E-state index in [9.17, 15) is 4.53 Å². The van der Waals surface area contributed by atoms with Gasteiger partial charge in [0.15, 0.2) is 0 Å². The van der Waals surface area contributed by atoms with Gasteiger partial charge in [-0.05, 0) is 25.3 Å². The van der Waals surface area contributed by atoms with E-state index in [1.807, 2.05) is 0 Å². The standard InChI is InChI=1S/C4H9FO/c1-4(2,3)6-5/h1-3H3. The van der Waals surface area contributed by atoms with Crippen molar-refractivity contribution < 1.29 is 9.47 Å². The molecule has 38 valence electrons. The summed E-state index contributed by atoms with van der Waals surface area (Å²) in [6.07, 6.45) is 0. The Bertz CT molecular complexity index is 37.3. The molecular formula is C4H9FO. The molecule has 0 saturated carbocycles. The zero-order valence-corrected chi connectivity index (χ0v) is 4.29. The topological polar surface area (TPSA) is 9.23 Å². The largest absolute Gasteiger partial charge is 0.188 e. The Morgan fingerprint density at radius 1 is 1.33 bits per heavy atom. The van der Waals surface area contributed by atoms with Crippen molar-refractivity contribution in [2.75, 3.05) is 0 Å². The second-order valence-corrected chi connectivity index (χ2v) is 2.19. The van der Waals surface area contributed by atoms with Crippen LogP contribution >= 0.6 is 0 Å². The first kappa shape index (κ1) is 5.89. The van der Waals surface area contributed by atoms with Gasteiger partial charge >= 0.3 is 0 Å². The Morgan fingerprint density at radius 2 is 1.50 bits per heavy atom. The number of halogens is 1. The minimum absolute atomic E-state index is 0.625. The van der Waals surface area contributed by atoms with E-state index in [2.05, 4.69) is 4.94 Å². The van der Waals surface area contributed by atoms with Crippen molar-refractivity contribution in [1.29, 1.82) is 0 Å². The van der Waals surface area contributed by atoms with E-state index in [0.29, 0.717) is 0 Å². The zero-order valence-electron chi connectivity index (χ0n) is 4.29. The summed E-state index contributed by atoms with van der Waals surface area (Å²) >= 11 is 0. The molecule has 0 spiro atoms. The van der Waals surface area contributed by atoms with Crippen LogP contribution in [0.25, 0.3) is 0 Å². The lowest BCUT2D eigenvalue weighted by atomic mass is 10.2. The fourth-order valence-corrected chi connectivity index (χ4v) is 0. The summed E-state index contributed by atoms with van der Waals surface area (Å²) in [7, 11) is 0. The van der Waals surface area contributed by atoms with Crippen LogP contribution in [-0.4, -0.2) is 5.60 Å². The number of rotatable bonds is 0. The van der Waals surface area contributed by atoms with Crippen LogP contribution in [-0.2, 0) is 4.94 Å². The Kier molecular flexibility index (Phi) is 1.53. The van der Waals surface area contributed by atoms with Crippen molar-refractivity contribution in [2.45, 2.75) is 26.4 Å². The molecule has 0 aliphatic heterocycles. The van der Waals surface area contributed by atoms with Crippen molar-refractivity contribution in [3.63, 3.8) is 0 Å². The highest BCUT2D eigenvalue weighted by Gasteiger charge is 2.08. The molecule has 0 saturated heterocycles. The lowest BCUT2D eigenvalue weighted by Gasteiger charge is -2.08. The van der Waals surface area contributed by atoms with E-state index in [-0.39, 0.29) is 0 Å². The van der Waals surface area contributed by atoms with Crippen molar-refractivity contribution >= 4 is 0 Å². The van der Waals surface area contributed by atoms with E-state index in [4.69, 9.17) is 0 Å². The summed E-state index contributed by atoms with van der Waals surface area (Å²) in [5, 5.41) is 0. The van der Waals surface area contributed by atoms with Crippen LogP contribution < -0.4 is 0 Å². The Hall–Kier alpha value is -0.110. The van der Waals surface area contributed by atoms with Crippen LogP contribution in [0.15, 0.2) is 0 Å². The first-order chi connectivity index (χ1) is 2.56. The van der Waals surface area contributed by atoms with E-state index in [1.54, 1.807) is 20.8 Å². The third-order valence-electron chi connectivity index (χ3n) is 0.231. The Labute approximate surface area is 37.0 Å². The van der Waals surface area contributed by atoms with Gasteiger partial charge in [-0.1, -0.05) is 0 Å². The number of hydrogen-bond donors (Lipinski definition) is 0. The van der Waals surface area contributed by atoms with Gasteiger partial charge in [-0.25, -0.2) is 0 Å². The summed E-state index contributed by atoms with van der Waals surface area (Å²) in [6.45, 7) is 4.94. The Morgan fingerprint density at radius 3 is 1.50 bits per heavy atom. The van der Waals surface area contributed by atoms with Crippen LogP contribution in [0.2, 0.25) is 0 Å². The fourth-order valence-electron chi connectivity index (χ4n) is 0. The van der Waals surface area contributed by atoms with Crippen molar-refractivity contribution in [3.8, 4) is 0 Å². The molecule has 0 aromatic heterocycles. The van der Waals surface area contributed by atoms with E-state index in [0.717, 1.165) is 0 Å². The zero-order chi connectivity index (χ0) is 5.21. The molecule has 0 amide bonds. The third kappa shape index (κ3) is 3.89. The highest BCUT2D eigenvalue weighted by atomic mass is 19.3. The van der Waals surface area contributed by atoms with Crippen LogP contribution in [0.1, 0.15) is 20.8 Å². The minimum Gasteiger partial charge on any atom is -0.188 e. The molecule has 0 bridgehead atoms. The SMILES string of the molecule is CC(C)(C)OF. The molecule has 2 heteroatoms. The highest BCUT2D eigenvalue weighted by Crippen LogP contribution is 2.05. The summed E-state index contributed by atoms with van der Waals surface area (Å²) in [6, 6.07) is 0. The van der Waals surface area contributed by atoms with Gasteiger partial charge in [-0.15, -0.1) is 0 Å². The molecule has 0 heterocycles. The van der Waals surface area contributed by atoms with Gasteiger partial charge in [-0.2, -0.15) is 4.94 Å². The lowest BCUT2D eigenvalue weighted by Crippen LogP contribution is -2.13. The lowest BCUT2D eigenvalue weighted by molar-refractivity contribution is -0.214. The quantitative estimate of drug-likeness (QED) is 0.441. The molecule has 0 aromatic carbocycles. The highest BCUT2D eigenvalue weighted by molar-refractivity contribution is 4.53. The van der Waals surface area contributed by atoms with Crippen LogP contribution in [0.4, 0.5) is 4.53 Å². The van der Waals surface area contributed by atoms with Crippen LogP contribution in [0.5, 0.6) is 0 Å². The molecule has 1 nitrogen and oxygen atoms in total. The molecule has 0 aliphatic carbocycles. The van der Waals surface area contributed by atoms with Crippen molar-refractivity contribution in [1.82, 2.24) is 0 Å². The normalized spacial score (nSPS) is 12.0. The van der Waals surface area contributed by atoms with Crippen molar-refractivity contribution in [3.05, 3.63) is 0 Å². The average molecular weight is 92.1 g/mol. The second-order valence-electron chi connectivity index (χ2n) is 2.19. The van der Waals surface area contributed by atoms with Crippen molar-refractivity contribution in [2.24, 2.45) is 0 Å². The predicted molar refractivity (Wildman–Crippen MR) is 21.9 cm³/mol. The monoisotopic (exact) mass is 92.1 g/mol. The summed E-state index contributed by atoms with van der Waals surface area (Å²) in [5.41, 5.74) is -0.625. The summed E-state index contributed by atoms with van der Waals surface area (Å²) in [5.74, 6) is 0. The van der Waals surface area contributed by atoms with Gasteiger partial charge in [-0.3, -0.25) is 0 Å². The maximum absolute atomic E-state index is 11.0. The second kappa shape index (κ2) is 1.56. The molecule has 0 N–H and O–H groups in total. The van der Waals surface area contributed by atoms with Crippen LogP contribution in [0, 0.1) is 0 Å². The van der Waals surface area contributed by atoms with Gasteiger partial charge in [0, 0.05) is 0 Å². The van der Waals surface area contributed by atoms with Gasteiger partial charge < -0.3 is 0 Å². The molecule has 0 rings (SSSR count). The molecule has 0 aromatic rings. The molecule has 0 atom stereocenters. The summed E-state index contributed by atoms with van der Waals surface area (Å²) in [4.78, 5) is 3.44. The third-order valence-corrected chi connectivity index (χ3v) is 0.231. The van der Waals surface area contributed by atoms with Gasteiger partial charge in [0.2, 0.25) is 0 Å². The van der Waals surface area contributed by atoms with Gasteiger partial charge in [0.05, 0.1) is 0 Å². The maximum atomic E-state index is 11.0. The van der Waals surface area contributed by atoms with E-state index < -0.39 is 5.60 Å². The summed E-state index contributed by atoms with van der Waals surface area (Å²) < 4.78 is 11.0. The number of hydrogen-bond acceptors (Lipinski definition) is 1. The molecule has 0 aliphatic rings. The predicted octanol–water partition coefficient (Wildman–Crippen LogP) is 1.69. The molecule has 6 heavy (non-hydrogen) atoms. The molecule has 0 radical (unpaired) electrons. The van der Waals surface area contributed by atoms with E-state index >= 15 is 0 Å². The first-order valence-corrected chi connectivity index (χ1v) is 1.86. The van der Waals surface area contributed by atoms with Gasteiger partial charge in [0.25, 0.3) is 0 Å². The molecular weight excluding hydrogens is 83.0 g/mol. The Balaban J connectivity index is 3.17. The fraction of sp³-hybridized carbons (Fsp3) is 1.00. The van der Waals surface area contributed by atoms with E-state index in [1.165, 1.54) is 0 Å². The first-order valence-electron chi connectivity index (χ1n) is 1.86. The smallest absolute Gasteiger partial charge is 0.101 e. The maximum Gasteiger partial charge on any atom is 0.101 e. The average Bonchev–Trinajstić information content (AvgIpc) is 1.35. The molecule has 0 unspecified atom stereocenters. The minimum atomic E-state index is -0.625. The molecule has 0 fully saturated rings. The van der Waals surface area contributed by atoms with Crippen LogP contribution in [0.3, 0.4) is 0 Å². The van der Waals surface area contributed by atoms with Gasteiger partial charge in [0.1, 0.15) is 5.60 Å².